The first-order valence-corrected chi connectivity index (χ1v) is 6.47. The number of ether oxygens (including phenoxy) is 2. The Morgan fingerprint density at radius 1 is 1.56 bits per heavy atom. The van der Waals surface area contributed by atoms with Crippen molar-refractivity contribution in [2.24, 2.45) is 0 Å². The molecule has 1 aliphatic rings. The number of hydrogen-bond acceptors (Lipinski definition) is 5. The Bertz CT molecular complexity index is 373. The molecule has 0 amide bonds. The van der Waals surface area contributed by atoms with Gasteiger partial charge < -0.3 is 20.1 Å². The molecule has 0 bridgehead atoms. The first-order valence-electron chi connectivity index (χ1n) is 6.47. The molecule has 1 aromatic heterocycles. The highest BCUT2D eigenvalue weighted by Crippen LogP contribution is 2.20. The Morgan fingerprint density at radius 3 is 3.22 bits per heavy atom. The zero-order chi connectivity index (χ0) is 12.8. The van der Waals surface area contributed by atoms with Crippen molar-refractivity contribution < 1.29 is 9.47 Å². The molecule has 2 heterocycles. The van der Waals surface area contributed by atoms with Gasteiger partial charge in [0.2, 0.25) is 0 Å². The van der Waals surface area contributed by atoms with Crippen LogP contribution in [0.5, 0.6) is 5.75 Å². The van der Waals surface area contributed by atoms with E-state index < -0.39 is 0 Å². The van der Waals surface area contributed by atoms with Crippen LogP contribution in [0.4, 0.5) is 5.82 Å². The molecule has 100 valence electrons. The summed E-state index contributed by atoms with van der Waals surface area (Å²) in [5.74, 6) is 1.57. The summed E-state index contributed by atoms with van der Waals surface area (Å²) < 4.78 is 11.3. The number of aromatic nitrogens is 1. The summed E-state index contributed by atoms with van der Waals surface area (Å²) in [5, 5.41) is 6.63. The average Bonchev–Trinajstić information content (AvgIpc) is 2.38. The van der Waals surface area contributed by atoms with Crippen molar-refractivity contribution in [2.45, 2.75) is 26.1 Å². The summed E-state index contributed by atoms with van der Waals surface area (Å²) >= 11 is 0. The zero-order valence-corrected chi connectivity index (χ0v) is 11.0. The van der Waals surface area contributed by atoms with Crippen LogP contribution in [0, 0.1) is 0 Å². The molecule has 2 N–H and O–H groups in total. The Balaban J connectivity index is 1.89. The highest BCUT2D eigenvalue weighted by atomic mass is 16.5. The first-order chi connectivity index (χ1) is 8.79. The molecule has 0 spiro atoms. The van der Waals surface area contributed by atoms with E-state index in [0.717, 1.165) is 31.2 Å². The van der Waals surface area contributed by atoms with Crippen LogP contribution < -0.4 is 15.4 Å². The van der Waals surface area contributed by atoms with Crippen LogP contribution in [0.2, 0.25) is 0 Å². The summed E-state index contributed by atoms with van der Waals surface area (Å²) in [7, 11) is 0. The molecule has 0 unspecified atom stereocenters. The molecule has 18 heavy (non-hydrogen) atoms. The molecule has 2 rings (SSSR count). The van der Waals surface area contributed by atoms with Gasteiger partial charge >= 0.3 is 0 Å². The molecule has 1 aromatic rings. The minimum Gasteiger partial charge on any atom is -0.490 e. The van der Waals surface area contributed by atoms with Crippen LogP contribution in [0.15, 0.2) is 18.3 Å². The largest absolute Gasteiger partial charge is 0.490 e. The Morgan fingerprint density at radius 2 is 2.44 bits per heavy atom. The normalized spacial score (nSPS) is 23.7. The van der Waals surface area contributed by atoms with Gasteiger partial charge in [0.1, 0.15) is 0 Å². The summed E-state index contributed by atoms with van der Waals surface area (Å²) in [6.07, 6.45) is 2.19. The lowest BCUT2D eigenvalue weighted by Gasteiger charge is -2.29. The van der Waals surface area contributed by atoms with Crippen LogP contribution in [0.1, 0.15) is 13.8 Å². The lowest BCUT2D eigenvalue weighted by molar-refractivity contribution is -0.0196. The van der Waals surface area contributed by atoms with Crippen molar-refractivity contribution in [1.29, 1.82) is 0 Å². The third-order valence-electron chi connectivity index (χ3n) is 2.80. The molecule has 2 atom stereocenters. The molecule has 0 aromatic carbocycles. The van der Waals surface area contributed by atoms with Crippen molar-refractivity contribution in [3.63, 3.8) is 0 Å². The van der Waals surface area contributed by atoms with E-state index in [2.05, 4.69) is 22.5 Å². The van der Waals surface area contributed by atoms with Gasteiger partial charge in [0, 0.05) is 25.8 Å². The van der Waals surface area contributed by atoms with Crippen LogP contribution >= 0.6 is 0 Å². The number of hydrogen-bond donors (Lipinski definition) is 2. The Kier molecular flexibility index (Phi) is 4.78. The number of rotatable bonds is 5. The van der Waals surface area contributed by atoms with Gasteiger partial charge in [-0.2, -0.15) is 0 Å². The lowest BCUT2D eigenvalue weighted by Crippen LogP contribution is -2.46. The van der Waals surface area contributed by atoms with Gasteiger partial charge in [-0.25, -0.2) is 4.98 Å². The maximum atomic E-state index is 5.81. The van der Waals surface area contributed by atoms with Crippen molar-refractivity contribution in [2.75, 3.05) is 31.6 Å². The van der Waals surface area contributed by atoms with Crippen molar-refractivity contribution in [1.82, 2.24) is 10.3 Å². The molecule has 1 saturated heterocycles. The van der Waals surface area contributed by atoms with E-state index in [1.165, 1.54) is 0 Å². The van der Waals surface area contributed by atoms with Crippen LogP contribution in [-0.4, -0.2) is 43.4 Å². The van der Waals surface area contributed by atoms with Gasteiger partial charge in [0.05, 0.1) is 18.8 Å². The Labute approximate surface area is 108 Å². The molecular formula is C13H21N3O2. The topological polar surface area (TPSA) is 55.4 Å². The molecule has 0 radical (unpaired) electrons. The summed E-state index contributed by atoms with van der Waals surface area (Å²) in [5.41, 5.74) is 0. The number of morpholine rings is 1. The predicted octanol–water partition coefficient (Wildman–Crippen LogP) is 1.27. The van der Waals surface area contributed by atoms with E-state index in [9.17, 15) is 0 Å². The average molecular weight is 251 g/mol. The first kappa shape index (κ1) is 13.1. The highest BCUT2D eigenvalue weighted by molar-refractivity contribution is 5.49. The fourth-order valence-electron chi connectivity index (χ4n) is 2.00. The van der Waals surface area contributed by atoms with E-state index in [0.29, 0.717) is 6.61 Å². The second-order valence-electron chi connectivity index (χ2n) is 4.39. The minimum absolute atomic E-state index is 0.172. The zero-order valence-electron chi connectivity index (χ0n) is 11.0. The molecular weight excluding hydrogens is 230 g/mol. The van der Waals surface area contributed by atoms with Crippen molar-refractivity contribution >= 4 is 5.82 Å². The smallest absolute Gasteiger partial charge is 0.168 e. The van der Waals surface area contributed by atoms with Crippen LogP contribution in [0.25, 0.3) is 0 Å². The van der Waals surface area contributed by atoms with Gasteiger partial charge in [-0.3, -0.25) is 0 Å². The van der Waals surface area contributed by atoms with Crippen molar-refractivity contribution in [3.05, 3.63) is 18.3 Å². The van der Waals surface area contributed by atoms with Crippen LogP contribution in [0.3, 0.4) is 0 Å². The molecule has 1 fully saturated rings. The maximum Gasteiger partial charge on any atom is 0.168 e. The molecule has 5 nitrogen and oxygen atoms in total. The summed E-state index contributed by atoms with van der Waals surface area (Å²) in [6.45, 7) is 7.20. The Hall–Kier alpha value is -1.33. The van der Waals surface area contributed by atoms with E-state index in [-0.39, 0.29) is 12.2 Å². The molecule has 0 aliphatic carbocycles. The molecule has 0 saturated carbocycles. The third kappa shape index (κ3) is 3.58. The fraction of sp³-hybridized carbons (Fsp3) is 0.615. The van der Waals surface area contributed by atoms with E-state index in [1.807, 2.05) is 19.1 Å². The number of nitrogens with one attached hydrogen (secondary N) is 2. The monoisotopic (exact) mass is 251 g/mol. The predicted molar refractivity (Wildman–Crippen MR) is 71.1 cm³/mol. The minimum atomic E-state index is 0.172. The van der Waals surface area contributed by atoms with Gasteiger partial charge in [0.15, 0.2) is 11.6 Å². The van der Waals surface area contributed by atoms with Gasteiger partial charge in [-0.05, 0) is 26.0 Å². The fourth-order valence-corrected chi connectivity index (χ4v) is 2.00. The second-order valence-corrected chi connectivity index (χ2v) is 4.39. The van der Waals surface area contributed by atoms with Gasteiger partial charge in [0.25, 0.3) is 0 Å². The summed E-state index contributed by atoms with van der Waals surface area (Å²) in [6, 6.07) is 3.79. The standard InChI is InChI=1S/C13H21N3O2/c1-3-17-12-5-4-6-15-13(12)16-9-11-8-14-7-10(2)18-11/h4-6,10-11,14H,3,7-9H2,1-2H3,(H,15,16)/t10-,11+/m1/s1. The van der Waals surface area contributed by atoms with E-state index >= 15 is 0 Å². The third-order valence-corrected chi connectivity index (χ3v) is 2.80. The quantitative estimate of drug-likeness (QED) is 0.825. The van der Waals surface area contributed by atoms with Gasteiger partial charge in [-0.15, -0.1) is 0 Å². The molecule has 1 aliphatic heterocycles. The van der Waals surface area contributed by atoms with E-state index in [4.69, 9.17) is 9.47 Å². The summed E-state index contributed by atoms with van der Waals surface area (Å²) in [4.78, 5) is 4.29. The maximum absolute atomic E-state index is 5.81. The number of nitrogens with zero attached hydrogens (tertiary/aromatic N) is 1. The molecule has 5 heteroatoms. The van der Waals surface area contributed by atoms with Crippen LogP contribution in [-0.2, 0) is 4.74 Å². The number of anilines is 1. The highest BCUT2D eigenvalue weighted by Gasteiger charge is 2.18. The number of pyridine rings is 1. The van der Waals surface area contributed by atoms with E-state index in [1.54, 1.807) is 6.20 Å². The second kappa shape index (κ2) is 6.56. The van der Waals surface area contributed by atoms with Crippen molar-refractivity contribution in [3.8, 4) is 5.75 Å². The lowest BCUT2D eigenvalue weighted by atomic mass is 10.2. The SMILES string of the molecule is CCOc1cccnc1NC[C@@H]1CNC[C@@H](C)O1. The van der Waals surface area contributed by atoms with Gasteiger partial charge in [-0.1, -0.05) is 0 Å².